The highest BCUT2D eigenvalue weighted by Gasteiger charge is 2.35. The van der Waals surface area contributed by atoms with Crippen LogP contribution < -0.4 is 15.0 Å². The number of hydrogen-bond donors (Lipinski definition) is 1. The highest BCUT2D eigenvalue weighted by Crippen LogP contribution is 2.37. The summed E-state index contributed by atoms with van der Waals surface area (Å²) in [5.74, 6) is 2.18. The van der Waals surface area contributed by atoms with E-state index < -0.39 is 0 Å². The topological polar surface area (TPSA) is 63.2 Å². The predicted octanol–water partition coefficient (Wildman–Crippen LogP) is 2.47. The SMILES string of the molecule is CCNc1nc(OC)nc(N2CCCC2C2CCCC2)n1. The highest BCUT2D eigenvalue weighted by molar-refractivity contribution is 5.40. The summed E-state index contributed by atoms with van der Waals surface area (Å²) >= 11 is 0. The van der Waals surface area contributed by atoms with E-state index in [1.54, 1.807) is 7.11 Å². The van der Waals surface area contributed by atoms with E-state index in [2.05, 4.69) is 25.2 Å². The molecular weight excluding hydrogens is 266 g/mol. The summed E-state index contributed by atoms with van der Waals surface area (Å²) in [5, 5.41) is 3.16. The molecule has 0 amide bonds. The minimum Gasteiger partial charge on any atom is -0.467 e. The standard InChI is InChI=1S/C15H25N5O/c1-3-16-13-17-14(19-15(18-13)21-2)20-10-6-9-12(20)11-7-4-5-8-11/h11-12H,3-10H2,1-2H3,(H,16,17,18,19). The van der Waals surface area contributed by atoms with Crippen LogP contribution in [0.15, 0.2) is 0 Å². The lowest BCUT2D eigenvalue weighted by molar-refractivity contribution is 0.376. The van der Waals surface area contributed by atoms with Gasteiger partial charge in [0.2, 0.25) is 11.9 Å². The largest absolute Gasteiger partial charge is 0.467 e. The number of ether oxygens (including phenoxy) is 1. The maximum absolute atomic E-state index is 5.23. The molecule has 1 N–H and O–H groups in total. The normalized spacial score (nSPS) is 22.8. The molecular formula is C15H25N5O. The molecule has 2 heterocycles. The van der Waals surface area contributed by atoms with E-state index in [1.165, 1.54) is 38.5 Å². The first kappa shape index (κ1) is 14.4. The van der Waals surface area contributed by atoms with E-state index in [4.69, 9.17) is 4.74 Å². The molecule has 1 aliphatic carbocycles. The van der Waals surface area contributed by atoms with Gasteiger partial charge in [0.1, 0.15) is 0 Å². The first-order valence-corrected chi connectivity index (χ1v) is 8.12. The fraction of sp³-hybridized carbons (Fsp3) is 0.800. The molecule has 6 nitrogen and oxygen atoms in total. The van der Waals surface area contributed by atoms with Gasteiger partial charge in [-0.2, -0.15) is 15.0 Å². The van der Waals surface area contributed by atoms with Crippen molar-refractivity contribution in [3.8, 4) is 6.01 Å². The van der Waals surface area contributed by atoms with Gasteiger partial charge in [-0.1, -0.05) is 12.8 Å². The van der Waals surface area contributed by atoms with Crippen molar-refractivity contribution in [2.45, 2.75) is 51.5 Å². The molecule has 1 saturated carbocycles. The lowest BCUT2D eigenvalue weighted by Gasteiger charge is -2.29. The van der Waals surface area contributed by atoms with E-state index >= 15 is 0 Å². The number of aromatic nitrogens is 3. The second kappa shape index (κ2) is 6.45. The quantitative estimate of drug-likeness (QED) is 0.899. The van der Waals surface area contributed by atoms with Crippen molar-refractivity contribution in [2.24, 2.45) is 5.92 Å². The molecule has 1 saturated heterocycles. The van der Waals surface area contributed by atoms with Crippen LogP contribution in [0.1, 0.15) is 45.4 Å². The van der Waals surface area contributed by atoms with E-state index in [1.807, 2.05) is 6.92 Å². The molecule has 0 spiro atoms. The van der Waals surface area contributed by atoms with Crippen molar-refractivity contribution in [2.75, 3.05) is 30.4 Å². The Kier molecular flexibility index (Phi) is 4.41. The van der Waals surface area contributed by atoms with Crippen LogP contribution in [0.25, 0.3) is 0 Å². The monoisotopic (exact) mass is 291 g/mol. The Morgan fingerprint density at radius 2 is 1.95 bits per heavy atom. The number of nitrogens with zero attached hydrogens (tertiary/aromatic N) is 4. The maximum atomic E-state index is 5.23. The zero-order valence-corrected chi connectivity index (χ0v) is 13.0. The molecule has 2 fully saturated rings. The molecule has 2 aliphatic rings. The third kappa shape index (κ3) is 3.04. The Balaban J connectivity index is 1.85. The van der Waals surface area contributed by atoms with Crippen molar-refractivity contribution < 1.29 is 4.74 Å². The van der Waals surface area contributed by atoms with Gasteiger partial charge in [-0.3, -0.25) is 0 Å². The van der Waals surface area contributed by atoms with Gasteiger partial charge in [-0.05, 0) is 38.5 Å². The van der Waals surface area contributed by atoms with E-state index in [0.29, 0.717) is 18.0 Å². The number of methoxy groups -OCH3 is 1. The Labute approximate surface area is 126 Å². The Morgan fingerprint density at radius 1 is 1.14 bits per heavy atom. The lowest BCUT2D eigenvalue weighted by atomic mass is 9.96. The van der Waals surface area contributed by atoms with Crippen LogP contribution >= 0.6 is 0 Å². The summed E-state index contributed by atoms with van der Waals surface area (Å²) in [7, 11) is 1.60. The van der Waals surface area contributed by atoms with Gasteiger partial charge in [0.15, 0.2) is 0 Å². The summed E-state index contributed by atoms with van der Waals surface area (Å²) in [4.78, 5) is 15.7. The first-order valence-electron chi connectivity index (χ1n) is 8.12. The Hall–Kier alpha value is -1.59. The van der Waals surface area contributed by atoms with Crippen LogP contribution in [0.4, 0.5) is 11.9 Å². The van der Waals surface area contributed by atoms with Crippen molar-refractivity contribution >= 4 is 11.9 Å². The minimum absolute atomic E-state index is 0.396. The van der Waals surface area contributed by atoms with E-state index in [9.17, 15) is 0 Å². The summed E-state index contributed by atoms with van der Waals surface area (Å²) < 4.78 is 5.23. The van der Waals surface area contributed by atoms with E-state index in [-0.39, 0.29) is 0 Å². The molecule has 0 aromatic carbocycles. The van der Waals surface area contributed by atoms with Crippen LogP contribution in [-0.4, -0.2) is 41.2 Å². The molecule has 0 bridgehead atoms. The molecule has 116 valence electrons. The smallest absolute Gasteiger partial charge is 0.322 e. The predicted molar refractivity (Wildman–Crippen MR) is 82.9 cm³/mol. The maximum Gasteiger partial charge on any atom is 0.322 e. The van der Waals surface area contributed by atoms with Gasteiger partial charge in [0.05, 0.1) is 7.11 Å². The van der Waals surface area contributed by atoms with E-state index in [0.717, 1.165) is 25.0 Å². The lowest BCUT2D eigenvalue weighted by Crippen LogP contribution is -2.36. The van der Waals surface area contributed by atoms with Crippen molar-refractivity contribution in [1.29, 1.82) is 0 Å². The minimum atomic E-state index is 0.396. The fourth-order valence-corrected chi connectivity index (χ4v) is 3.68. The van der Waals surface area contributed by atoms with Gasteiger partial charge in [-0.15, -0.1) is 0 Å². The van der Waals surface area contributed by atoms with Crippen molar-refractivity contribution in [1.82, 2.24) is 15.0 Å². The number of hydrogen-bond acceptors (Lipinski definition) is 6. The Bertz CT molecular complexity index is 475. The third-order valence-corrected chi connectivity index (χ3v) is 4.62. The Morgan fingerprint density at radius 3 is 2.67 bits per heavy atom. The van der Waals surface area contributed by atoms with Gasteiger partial charge in [0.25, 0.3) is 0 Å². The zero-order chi connectivity index (χ0) is 14.7. The summed E-state index contributed by atoms with van der Waals surface area (Å²) in [6.45, 7) is 3.87. The molecule has 1 atom stereocenters. The zero-order valence-electron chi connectivity index (χ0n) is 13.0. The molecule has 6 heteroatoms. The molecule has 21 heavy (non-hydrogen) atoms. The molecule has 1 unspecified atom stereocenters. The summed E-state index contributed by atoms with van der Waals surface area (Å²) in [6, 6.07) is 0.988. The first-order chi connectivity index (χ1) is 10.3. The van der Waals surface area contributed by atoms with Gasteiger partial charge >= 0.3 is 6.01 Å². The average Bonchev–Trinajstić information content (AvgIpc) is 3.17. The van der Waals surface area contributed by atoms with Crippen LogP contribution in [-0.2, 0) is 0 Å². The molecule has 1 aromatic rings. The third-order valence-electron chi connectivity index (χ3n) is 4.62. The van der Waals surface area contributed by atoms with Crippen LogP contribution in [0.2, 0.25) is 0 Å². The van der Waals surface area contributed by atoms with Crippen LogP contribution in [0.3, 0.4) is 0 Å². The molecule has 1 aromatic heterocycles. The van der Waals surface area contributed by atoms with Gasteiger partial charge in [-0.25, -0.2) is 0 Å². The average molecular weight is 291 g/mol. The fourth-order valence-electron chi connectivity index (χ4n) is 3.68. The number of anilines is 2. The van der Waals surface area contributed by atoms with Gasteiger partial charge in [0, 0.05) is 19.1 Å². The van der Waals surface area contributed by atoms with Crippen molar-refractivity contribution in [3.63, 3.8) is 0 Å². The van der Waals surface area contributed by atoms with Crippen LogP contribution in [0.5, 0.6) is 6.01 Å². The number of nitrogens with one attached hydrogen (secondary N) is 1. The second-order valence-corrected chi connectivity index (χ2v) is 5.92. The van der Waals surface area contributed by atoms with Crippen LogP contribution in [0, 0.1) is 5.92 Å². The van der Waals surface area contributed by atoms with Gasteiger partial charge < -0.3 is 15.0 Å². The molecule has 1 aliphatic heterocycles. The van der Waals surface area contributed by atoms with Crippen molar-refractivity contribution in [3.05, 3.63) is 0 Å². The number of rotatable bonds is 5. The second-order valence-electron chi connectivity index (χ2n) is 5.92. The summed E-state index contributed by atoms with van der Waals surface area (Å²) in [6.07, 6.45) is 7.93. The molecule has 0 radical (unpaired) electrons. The highest BCUT2D eigenvalue weighted by atomic mass is 16.5. The molecule has 3 rings (SSSR count). The summed E-state index contributed by atoms with van der Waals surface area (Å²) in [5.41, 5.74) is 0.